The summed E-state index contributed by atoms with van der Waals surface area (Å²) in [6.45, 7) is 9.57. The SMILES string of the molecule is CCCCN(c1ccccc1)C(CN)CNC(=O)OC(C)(C)C. The van der Waals surface area contributed by atoms with Crippen LogP contribution in [0.15, 0.2) is 30.3 Å². The molecule has 0 fully saturated rings. The van der Waals surface area contributed by atoms with E-state index in [0.29, 0.717) is 13.1 Å². The first-order valence-corrected chi connectivity index (χ1v) is 8.36. The normalized spacial score (nSPS) is 12.6. The molecule has 0 saturated carbocycles. The van der Waals surface area contributed by atoms with Gasteiger partial charge in [0.25, 0.3) is 0 Å². The first-order chi connectivity index (χ1) is 10.9. The van der Waals surface area contributed by atoms with Crippen molar-refractivity contribution < 1.29 is 9.53 Å². The molecule has 0 aromatic heterocycles. The second kappa shape index (κ2) is 9.40. The van der Waals surface area contributed by atoms with Gasteiger partial charge in [0.1, 0.15) is 5.60 Å². The number of para-hydroxylation sites is 1. The van der Waals surface area contributed by atoms with Crippen LogP contribution in [0.25, 0.3) is 0 Å². The highest BCUT2D eigenvalue weighted by Crippen LogP contribution is 2.17. The van der Waals surface area contributed by atoms with Crippen LogP contribution in [0.3, 0.4) is 0 Å². The Labute approximate surface area is 140 Å². The zero-order valence-electron chi connectivity index (χ0n) is 14.8. The molecular formula is C18H31N3O2. The van der Waals surface area contributed by atoms with Crippen LogP contribution in [0.1, 0.15) is 40.5 Å². The third kappa shape index (κ3) is 7.37. The first-order valence-electron chi connectivity index (χ1n) is 8.36. The minimum Gasteiger partial charge on any atom is -0.444 e. The molecule has 0 aliphatic heterocycles. The molecule has 0 bridgehead atoms. The van der Waals surface area contributed by atoms with Crippen molar-refractivity contribution in [1.29, 1.82) is 0 Å². The Morgan fingerprint density at radius 3 is 2.48 bits per heavy atom. The third-order valence-corrected chi connectivity index (χ3v) is 3.43. The number of benzene rings is 1. The number of ether oxygens (including phenoxy) is 1. The number of amides is 1. The summed E-state index contributed by atoms with van der Waals surface area (Å²) in [5.74, 6) is 0. The molecule has 1 aromatic carbocycles. The summed E-state index contributed by atoms with van der Waals surface area (Å²) in [6, 6.07) is 10.2. The van der Waals surface area contributed by atoms with Crippen molar-refractivity contribution in [2.45, 2.75) is 52.2 Å². The summed E-state index contributed by atoms with van der Waals surface area (Å²) in [7, 11) is 0. The molecule has 130 valence electrons. The van der Waals surface area contributed by atoms with E-state index in [1.807, 2.05) is 39.0 Å². The second-order valence-electron chi connectivity index (χ2n) is 6.65. The number of nitrogens with one attached hydrogen (secondary N) is 1. The van der Waals surface area contributed by atoms with E-state index in [0.717, 1.165) is 25.1 Å². The number of carbonyl (C=O) groups excluding carboxylic acids is 1. The molecule has 5 heteroatoms. The van der Waals surface area contributed by atoms with Crippen LogP contribution in [-0.4, -0.2) is 37.4 Å². The third-order valence-electron chi connectivity index (χ3n) is 3.43. The van der Waals surface area contributed by atoms with E-state index in [2.05, 4.69) is 29.3 Å². The molecule has 0 aliphatic carbocycles. The van der Waals surface area contributed by atoms with Crippen molar-refractivity contribution in [2.75, 3.05) is 24.5 Å². The van der Waals surface area contributed by atoms with Crippen molar-refractivity contribution in [1.82, 2.24) is 5.32 Å². The molecule has 0 radical (unpaired) electrons. The van der Waals surface area contributed by atoms with Crippen LogP contribution in [0.2, 0.25) is 0 Å². The summed E-state index contributed by atoms with van der Waals surface area (Å²) in [5.41, 5.74) is 6.59. The molecule has 1 rings (SSSR count). The molecule has 1 aromatic rings. The average molecular weight is 321 g/mol. The summed E-state index contributed by atoms with van der Waals surface area (Å²) < 4.78 is 5.29. The number of anilines is 1. The maximum absolute atomic E-state index is 11.9. The summed E-state index contributed by atoms with van der Waals surface area (Å²) in [6.07, 6.45) is 1.79. The van der Waals surface area contributed by atoms with Gasteiger partial charge in [0.05, 0.1) is 6.04 Å². The van der Waals surface area contributed by atoms with Gasteiger partial charge < -0.3 is 20.7 Å². The Balaban J connectivity index is 2.71. The summed E-state index contributed by atoms with van der Waals surface area (Å²) in [4.78, 5) is 14.1. The zero-order chi connectivity index (χ0) is 17.3. The van der Waals surface area contributed by atoms with Crippen molar-refractivity contribution in [3.8, 4) is 0 Å². The minimum absolute atomic E-state index is 0.0384. The van der Waals surface area contributed by atoms with Gasteiger partial charge in [-0.1, -0.05) is 31.5 Å². The van der Waals surface area contributed by atoms with E-state index >= 15 is 0 Å². The predicted molar refractivity (Wildman–Crippen MR) is 95.8 cm³/mol. The van der Waals surface area contributed by atoms with Crippen LogP contribution in [0.5, 0.6) is 0 Å². The van der Waals surface area contributed by atoms with Gasteiger partial charge in [-0.2, -0.15) is 0 Å². The minimum atomic E-state index is -0.496. The molecule has 0 heterocycles. The van der Waals surface area contributed by atoms with Gasteiger partial charge in [0.2, 0.25) is 0 Å². The van der Waals surface area contributed by atoms with Crippen molar-refractivity contribution >= 4 is 11.8 Å². The first kappa shape index (κ1) is 19.3. The summed E-state index contributed by atoms with van der Waals surface area (Å²) >= 11 is 0. The van der Waals surface area contributed by atoms with Crippen LogP contribution in [-0.2, 0) is 4.74 Å². The van der Waals surface area contributed by atoms with Crippen molar-refractivity contribution in [2.24, 2.45) is 5.73 Å². The van der Waals surface area contributed by atoms with Gasteiger partial charge >= 0.3 is 6.09 Å². The molecule has 0 saturated heterocycles. The molecule has 1 amide bonds. The lowest BCUT2D eigenvalue weighted by molar-refractivity contribution is 0.0524. The number of hydrogen-bond donors (Lipinski definition) is 2. The molecule has 1 unspecified atom stereocenters. The molecule has 5 nitrogen and oxygen atoms in total. The van der Waals surface area contributed by atoms with E-state index < -0.39 is 11.7 Å². The van der Waals surface area contributed by atoms with Crippen LogP contribution < -0.4 is 16.0 Å². The maximum Gasteiger partial charge on any atom is 0.407 e. The van der Waals surface area contributed by atoms with E-state index in [1.54, 1.807) is 0 Å². The maximum atomic E-state index is 11.9. The van der Waals surface area contributed by atoms with Crippen LogP contribution >= 0.6 is 0 Å². The molecule has 0 aliphatic rings. The Bertz CT molecular complexity index is 457. The van der Waals surface area contributed by atoms with E-state index in [4.69, 9.17) is 10.5 Å². The lowest BCUT2D eigenvalue weighted by atomic mass is 10.1. The van der Waals surface area contributed by atoms with Gasteiger partial charge in [-0.3, -0.25) is 0 Å². The van der Waals surface area contributed by atoms with E-state index in [9.17, 15) is 4.79 Å². The highest BCUT2D eigenvalue weighted by atomic mass is 16.6. The largest absolute Gasteiger partial charge is 0.444 e. The van der Waals surface area contributed by atoms with Crippen molar-refractivity contribution in [3.05, 3.63) is 30.3 Å². The van der Waals surface area contributed by atoms with Gasteiger partial charge in [0, 0.05) is 25.3 Å². The molecule has 23 heavy (non-hydrogen) atoms. The summed E-state index contributed by atoms with van der Waals surface area (Å²) in [5, 5.41) is 2.83. The number of hydrogen-bond acceptors (Lipinski definition) is 4. The Kier molecular flexibility index (Phi) is 7.89. The van der Waals surface area contributed by atoms with Crippen molar-refractivity contribution in [3.63, 3.8) is 0 Å². The zero-order valence-corrected chi connectivity index (χ0v) is 14.8. The number of carbonyl (C=O) groups is 1. The number of rotatable bonds is 8. The van der Waals surface area contributed by atoms with Gasteiger partial charge in [-0.15, -0.1) is 0 Å². The Morgan fingerprint density at radius 1 is 1.30 bits per heavy atom. The number of alkyl carbamates (subject to hydrolysis) is 1. The Hall–Kier alpha value is -1.75. The average Bonchev–Trinajstić information content (AvgIpc) is 2.49. The quantitative estimate of drug-likeness (QED) is 0.772. The van der Waals surface area contributed by atoms with E-state index in [1.165, 1.54) is 0 Å². The molecule has 1 atom stereocenters. The van der Waals surface area contributed by atoms with Gasteiger partial charge in [-0.05, 0) is 39.3 Å². The fourth-order valence-corrected chi connectivity index (χ4v) is 2.31. The fraction of sp³-hybridized carbons (Fsp3) is 0.611. The second-order valence-corrected chi connectivity index (χ2v) is 6.65. The standard InChI is InChI=1S/C18H31N3O2/c1-5-6-12-21(15-10-8-7-9-11-15)16(13-19)14-20-17(22)23-18(2,3)4/h7-11,16H,5-6,12-14,19H2,1-4H3,(H,20,22). The highest BCUT2D eigenvalue weighted by Gasteiger charge is 2.20. The van der Waals surface area contributed by atoms with E-state index in [-0.39, 0.29) is 6.04 Å². The predicted octanol–water partition coefficient (Wildman–Crippen LogP) is 3.15. The molecular weight excluding hydrogens is 290 g/mol. The topological polar surface area (TPSA) is 67.6 Å². The fourth-order valence-electron chi connectivity index (χ4n) is 2.31. The molecule has 3 N–H and O–H groups in total. The molecule has 0 spiro atoms. The Morgan fingerprint density at radius 2 is 1.96 bits per heavy atom. The monoisotopic (exact) mass is 321 g/mol. The number of nitrogens with two attached hydrogens (primary N) is 1. The number of unbranched alkanes of at least 4 members (excludes halogenated alkanes) is 1. The van der Waals surface area contributed by atoms with Gasteiger partial charge in [-0.25, -0.2) is 4.79 Å². The van der Waals surface area contributed by atoms with Crippen LogP contribution in [0, 0.1) is 0 Å². The van der Waals surface area contributed by atoms with Gasteiger partial charge in [0.15, 0.2) is 0 Å². The highest BCUT2D eigenvalue weighted by molar-refractivity contribution is 5.67. The van der Waals surface area contributed by atoms with Crippen LogP contribution in [0.4, 0.5) is 10.5 Å². The smallest absolute Gasteiger partial charge is 0.407 e. The lowest BCUT2D eigenvalue weighted by Gasteiger charge is -2.33. The number of nitrogens with zero attached hydrogens (tertiary/aromatic N) is 1. The lowest BCUT2D eigenvalue weighted by Crippen LogP contribution is -2.49.